The van der Waals surface area contributed by atoms with Crippen molar-refractivity contribution >= 4 is 42.7 Å². The van der Waals surface area contributed by atoms with Crippen LogP contribution in [-0.4, -0.2) is 67.9 Å². The third-order valence-electron chi connectivity index (χ3n) is 6.41. The van der Waals surface area contributed by atoms with Crippen molar-refractivity contribution in [2.75, 3.05) is 11.9 Å². The van der Waals surface area contributed by atoms with Crippen molar-refractivity contribution < 1.29 is 47.3 Å². The fourth-order valence-electron chi connectivity index (χ4n) is 4.81. The van der Waals surface area contributed by atoms with Gasteiger partial charge in [0.1, 0.15) is 36.0 Å². The van der Waals surface area contributed by atoms with Crippen molar-refractivity contribution in [1.82, 2.24) is 19.5 Å². The van der Waals surface area contributed by atoms with Crippen molar-refractivity contribution in [1.29, 1.82) is 0 Å². The van der Waals surface area contributed by atoms with Gasteiger partial charge in [-0.05, 0) is 52.6 Å². The fourth-order valence-corrected chi connectivity index (χ4v) is 5.59. The number of hydrogen-bond donors (Lipinski definition) is 1. The maximum absolute atomic E-state index is 12.8. The first-order chi connectivity index (χ1) is 20.6. The van der Waals surface area contributed by atoms with E-state index in [9.17, 15) is 19.0 Å². The van der Waals surface area contributed by atoms with Crippen LogP contribution in [-0.2, 0) is 32.8 Å². The summed E-state index contributed by atoms with van der Waals surface area (Å²) in [6.07, 6.45) is 0.244. The summed E-state index contributed by atoms with van der Waals surface area (Å²) in [6.45, 7) is 9.56. The monoisotopic (exact) mass is 630 g/mol. The molecule has 2 aromatic heterocycles. The van der Waals surface area contributed by atoms with E-state index in [2.05, 4.69) is 20.3 Å². The summed E-state index contributed by atoms with van der Waals surface area (Å²) < 4.78 is 48.6. The second kappa shape index (κ2) is 12.0. The molecule has 0 aliphatic carbocycles. The Kier molecular flexibility index (Phi) is 8.64. The van der Waals surface area contributed by atoms with Gasteiger partial charge in [0, 0.05) is 12.5 Å². The van der Waals surface area contributed by atoms with Crippen LogP contribution < -0.4 is 14.9 Å². The number of nitrogens with zero attached hydrogens (tertiary/aromatic N) is 4. The molecule has 2 fully saturated rings. The topological polar surface area (TPSA) is 185 Å². The Bertz CT molecular complexity index is 1630. The predicted molar refractivity (Wildman–Crippen MR) is 153 cm³/mol. The number of ether oxygens (including phenoxy) is 5. The molecule has 2 unspecified atom stereocenters. The molecular weight excluding hydrogens is 597 g/mol. The van der Waals surface area contributed by atoms with E-state index in [-0.39, 0.29) is 23.7 Å². The summed E-state index contributed by atoms with van der Waals surface area (Å²) in [5.41, 5.74) is 0.265. The van der Waals surface area contributed by atoms with Crippen LogP contribution in [0.1, 0.15) is 53.3 Å². The first-order valence-electron chi connectivity index (χ1n) is 13.7. The molecule has 1 amide bonds. The average Bonchev–Trinajstić information content (AvgIpc) is 3.57. The number of esters is 1. The number of aromatic nitrogens is 4. The van der Waals surface area contributed by atoms with Gasteiger partial charge in [0.15, 0.2) is 36.6 Å². The van der Waals surface area contributed by atoms with E-state index >= 15 is 0 Å². The van der Waals surface area contributed by atoms with Gasteiger partial charge in [-0.2, -0.15) is 0 Å². The summed E-state index contributed by atoms with van der Waals surface area (Å²) in [4.78, 5) is 49.4. The SMILES string of the molecule is CC(=O)Oc1ccccc1/C=C/P(=O)([O-])OC[C@H]1O[C@@H](n2cnc3c(NC(=O)OC(C)(C)C)ncnc32)C2OC(C)(C)O[C@H]21. The van der Waals surface area contributed by atoms with Gasteiger partial charge in [0.05, 0.1) is 12.9 Å². The number of carbonyl (C=O) groups excluding carboxylic acids is 2. The normalized spacial score (nSPS) is 24.2. The van der Waals surface area contributed by atoms with Crippen molar-refractivity contribution in [3.63, 3.8) is 0 Å². The minimum atomic E-state index is -4.53. The van der Waals surface area contributed by atoms with Gasteiger partial charge in [-0.25, -0.2) is 19.7 Å². The molecule has 5 rings (SSSR count). The number of anilines is 1. The lowest BCUT2D eigenvalue weighted by molar-refractivity contribution is -0.209. The molecule has 16 heteroatoms. The minimum Gasteiger partial charge on any atom is -0.775 e. The van der Waals surface area contributed by atoms with Crippen LogP contribution in [0.15, 0.2) is 42.7 Å². The lowest BCUT2D eigenvalue weighted by atomic mass is 10.1. The highest BCUT2D eigenvalue weighted by molar-refractivity contribution is 7.55. The maximum atomic E-state index is 12.8. The summed E-state index contributed by atoms with van der Waals surface area (Å²) in [7, 11) is -4.53. The van der Waals surface area contributed by atoms with E-state index in [0.29, 0.717) is 11.2 Å². The number of benzene rings is 1. The highest BCUT2D eigenvalue weighted by Gasteiger charge is 2.56. The van der Waals surface area contributed by atoms with Gasteiger partial charge in [-0.1, -0.05) is 18.2 Å². The Morgan fingerprint density at radius 1 is 1.16 bits per heavy atom. The Balaban J connectivity index is 1.33. The molecule has 15 nitrogen and oxygen atoms in total. The predicted octanol–water partition coefficient (Wildman–Crippen LogP) is 3.76. The summed E-state index contributed by atoms with van der Waals surface area (Å²) in [6, 6.07) is 6.48. The Hall–Kier alpha value is -3.72. The number of para-hydroxylation sites is 1. The summed E-state index contributed by atoms with van der Waals surface area (Å²) in [5.74, 6) is -0.291. The number of nitrogens with one attached hydrogen (secondary N) is 1. The number of rotatable bonds is 8. The minimum absolute atomic E-state index is 0.135. The Labute approximate surface area is 253 Å². The van der Waals surface area contributed by atoms with Gasteiger partial charge >= 0.3 is 12.1 Å². The summed E-state index contributed by atoms with van der Waals surface area (Å²) in [5, 5.41) is 2.59. The third kappa shape index (κ3) is 7.32. The van der Waals surface area contributed by atoms with Crippen molar-refractivity contribution in [3.8, 4) is 5.75 Å². The number of amides is 1. The quantitative estimate of drug-likeness (QED) is 0.216. The van der Waals surface area contributed by atoms with E-state index in [4.69, 9.17) is 28.2 Å². The molecule has 2 aliphatic heterocycles. The number of fused-ring (bicyclic) bond motifs is 2. The largest absolute Gasteiger partial charge is 0.775 e. The first-order valence-corrected chi connectivity index (χ1v) is 15.3. The molecule has 44 heavy (non-hydrogen) atoms. The third-order valence-corrected chi connectivity index (χ3v) is 7.43. The van der Waals surface area contributed by atoms with Crippen molar-refractivity contribution in [2.45, 2.75) is 77.5 Å². The zero-order chi connectivity index (χ0) is 31.9. The number of imidazole rings is 1. The molecule has 0 radical (unpaired) electrons. The molecule has 1 N–H and O–H groups in total. The van der Waals surface area contributed by atoms with Gasteiger partial charge < -0.3 is 37.7 Å². The van der Waals surface area contributed by atoms with Crippen LogP contribution in [0.4, 0.5) is 10.6 Å². The zero-order valence-corrected chi connectivity index (χ0v) is 25.8. The van der Waals surface area contributed by atoms with E-state index in [1.807, 2.05) is 0 Å². The second-order valence-corrected chi connectivity index (χ2v) is 13.2. The lowest BCUT2D eigenvalue weighted by Gasteiger charge is -2.26. The molecule has 0 saturated carbocycles. The Morgan fingerprint density at radius 3 is 2.61 bits per heavy atom. The van der Waals surface area contributed by atoms with Crippen LogP contribution in [0, 0.1) is 0 Å². The molecule has 2 saturated heterocycles. The lowest BCUT2D eigenvalue weighted by Crippen LogP contribution is -2.33. The van der Waals surface area contributed by atoms with E-state index < -0.39 is 55.6 Å². The van der Waals surface area contributed by atoms with Gasteiger partial charge in [-0.3, -0.25) is 14.7 Å². The smallest absolute Gasteiger partial charge is 0.413 e. The molecule has 236 valence electrons. The first kappa shape index (κ1) is 31.7. The highest BCUT2D eigenvalue weighted by Crippen LogP contribution is 2.46. The van der Waals surface area contributed by atoms with Gasteiger partial charge in [0.2, 0.25) is 0 Å². The molecule has 0 spiro atoms. The van der Waals surface area contributed by atoms with Crippen LogP contribution in [0.25, 0.3) is 17.2 Å². The van der Waals surface area contributed by atoms with E-state index in [1.54, 1.807) is 63.5 Å². The van der Waals surface area contributed by atoms with Crippen LogP contribution in [0.3, 0.4) is 0 Å². The molecule has 5 atom stereocenters. The maximum Gasteiger partial charge on any atom is 0.413 e. The molecular formula is C28H33N5O10P-. The van der Waals surface area contributed by atoms with E-state index in [1.165, 1.54) is 25.7 Å². The number of carbonyl (C=O) groups is 2. The molecule has 0 bridgehead atoms. The summed E-state index contributed by atoms with van der Waals surface area (Å²) >= 11 is 0. The van der Waals surface area contributed by atoms with Crippen LogP contribution in [0.2, 0.25) is 0 Å². The Morgan fingerprint density at radius 2 is 1.89 bits per heavy atom. The van der Waals surface area contributed by atoms with Crippen molar-refractivity contribution in [2.24, 2.45) is 0 Å². The second-order valence-electron chi connectivity index (χ2n) is 11.6. The van der Waals surface area contributed by atoms with Gasteiger partial charge in [-0.15, -0.1) is 0 Å². The molecule has 1 aromatic carbocycles. The average molecular weight is 631 g/mol. The highest BCUT2D eigenvalue weighted by atomic mass is 31.2. The zero-order valence-electron chi connectivity index (χ0n) is 25.0. The standard InChI is InChI=1S/C28H34N5O10P/c1-16(34)39-18-10-8-7-9-17(18)11-12-44(36,37)38-13-19-21-22(42-28(5,6)41-21)25(40-19)33-15-31-20-23(29-14-30-24(20)33)32-26(35)43-27(2,3)4/h7-12,14-15,19,21-22,25H,13H2,1-6H3,(H,36,37)(H,29,30,32,35)/p-1/b12-11+/t19-,21+,22?,25-/m1/s1. The molecule has 4 heterocycles. The van der Waals surface area contributed by atoms with Crippen LogP contribution in [0.5, 0.6) is 5.75 Å². The van der Waals surface area contributed by atoms with E-state index in [0.717, 1.165) is 5.82 Å². The molecule has 2 aliphatic rings. The van der Waals surface area contributed by atoms with Crippen LogP contribution >= 0.6 is 7.60 Å². The fraction of sp³-hybridized carbons (Fsp3) is 0.464. The molecule has 3 aromatic rings. The van der Waals surface area contributed by atoms with Gasteiger partial charge in [0.25, 0.3) is 0 Å². The van der Waals surface area contributed by atoms with Crippen molar-refractivity contribution in [3.05, 3.63) is 48.3 Å². The number of hydrogen-bond acceptors (Lipinski definition) is 13.